The number of benzene rings is 1. The number of urea groups is 1. The number of hydrazine groups is 2. The number of carbonyl (C=O) groups is 7. The number of fused-ring (bicyclic) bond motifs is 1. The number of ether oxygens (including phenoxy) is 3. The predicted molar refractivity (Wildman–Crippen MR) is 135 cm³/mol. The Labute approximate surface area is 229 Å². The maximum atomic E-state index is 13.5. The van der Waals surface area contributed by atoms with Crippen LogP contribution in [-0.4, -0.2) is 103 Å². The molecule has 15 heteroatoms. The summed E-state index contributed by atoms with van der Waals surface area (Å²) in [6.45, 7) is 1.14. The van der Waals surface area contributed by atoms with Crippen molar-refractivity contribution in [1.82, 2.24) is 25.8 Å². The van der Waals surface area contributed by atoms with Crippen molar-refractivity contribution in [2.45, 2.75) is 44.7 Å². The zero-order valence-electron chi connectivity index (χ0n) is 22.6. The van der Waals surface area contributed by atoms with E-state index in [2.05, 4.69) is 10.7 Å². The monoisotopic (exact) mass is 561 g/mol. The van der Waals surface area contributed by atoms with Gasteiger partial charge in [0.15, 0.2) is 11.5 Å². The van der Waals surface area contributed by atoms with E-state index in [1.807, 2.05) is 0 Å². The molecule has 0 saturated carbocycles. The molecule has 0 radical (unpaired) electrons. The summed E-state index contributed by atoms with van der Waals surface area (Å²) in [6.07, 6.45) is 0.522. The van der Waals surface area contributed by atoms with Crippen LogP contribution >= 0.6 is 0 Å². The van der Waals surface area contributed by atoms with Crippen LogP contribution in [-0.2, 0) is 24.0 Å². The van der Waals surface area contributed by atoms with Gasteiger partial charge in [-0.3, -0.25) is 29.4 Å². The highest BCUT2D eigenvalue weighted by atomic mass is 16.5. The summed E-state index contributed by atoms with van der Waals surface area (Å²) < 4.78 is 15.6. The van der Waals surface area contributed by atoms with Crippen molar-refractivity contribution >= 4 is 41.6 Å². The van der Waals surface area contributed by atoms with Crippen LogP contribution < -0.4 is 25.0 Å². The molecule has 2 aliphatic rings. The first kappa shape index (κ1) is 29.9. The van der Waals surface area contributed by atoms with Crippen LogP contribution in [0.5, 0.6) is 17.2 Å². The fourth-order valence-electron chi connectivity index (χ4n) is 4.45. The van der Waals surface area contributed by atoms with Crippen molar-refractivity contribution in [3.05, 3.63) is 17.7 Å². The van der Waals surface area contributed by atoms with Crippen LogP contribution in [0.2, 0.25) is 0 Å². The van der Waals surface area contributed by atoms with Gasteiger partial charge in [-0.05, 0) is 31.9 Å². The first-order valence-electron chi connectivity index (χ1n) is 12.4. The minimum atomic E-state index is -1.21. The molecule has 2 aliphatic heterocycles. The molecule has 0 aliphatic carbocycles. The Kier molecular flexibility index (Phi) is 9.63. The summed E-state index contributed by atoms with van der Waals surface area (Å²) in [6, 6.07) is -0.693. The van der Waals surface area contributed by atoms with Crippen LogP contribution in [0.1, 0.15) is 43.0 Å². The van der Waals surface area contributed by atoms with Crippen molar-refractivity contribution in [3.8, 4) is 17.2 Å². The van der Waals surface area contributed by atoms with Gasteiger partial charge in [0.1, 0.15) is 18.1 Å². The van der Waals surface area contributed by atoms with Crippen molar-refractivity contribution in [3.63, 3.8) is 0 Å². The molecule has 2 N–H and O–H groups in total. The average molecular weight is 562 g/mol. The van der Waals surface area contributed by atoms with Gasteiger partial charge in [0.2, 0.25) is 17.6 Å². The second kappa shape index (κ2) is 12.9. The molecule has 0 unspecified atom stereocenters. The molecule has 2 saturated heterocycles. The van der Waals surface area contributed by atoms with E-state index in [-0.39, 0.29) is 60.9 Å². The number of nitrogens with one attached hydrogen (secondary N) is 2. The molecule has 2 fully saturated rings. The van der Waals surface area contributed by atoms with Crippen LogP contribution in [0.3, 0.4) is 0 Å². The molecular formula is C25H31N5O10. The number of methoxy groups -OCH3 is 3. The summed E-state index contributed by atoms with van der Waals surface area (Å²) in [5.74, 6) is -3.31. The number of nitrogens with zero attached hydrogens (tertiary/aromatic N) is 3. The summed E-state index contributed by atoms with van der Waals surface area (Å²) in [5, 5.41) is 5.24. The minimum Gasteiger partial charge on any atom is -0.493 e. The maximum absolute atomic E-state index is 13.5. The quantitative estimate of drug-likeness (QED) is 0.205. The van der Waals surface area contributed by atoms with Crippen LogP contribution in [0, 0.1) is 0 Å². The van der Waals surface area contributed by atoms with E-state index >= 15 is 0 Å². The van der Waals surface area contributed by atoms with Crippen molar-refractivity contribution in [1.29, 1.82) is 0 Å². The Hall–Kier alpha value is -4.69. The Morgan fingerprint density at radius 3 is 2.25 bits per heavy atom. The van der Waals surface area contributed by atoms with E-state index in [4.69, 9.17) is 14.2 Å². The lowest BCUT2D eigenvalue weighted by Crippen LogP contribution is -2.65. The van der Waals surface area contributed by atoms with E-state index in [1.54, 1.807) is 0 Å². The van der Waals surface area contributed by atoms with Crippen LogP contribution in [0.15, 0.2) is 12.1 Å². The lowest BCUT2D eigenvalue weighted by molar-refractivity contribution is -0.155. The molecule has 1 aromatic rings. The zero-order chi connectivity index (χ0) is 29.6. The highest BCUT2D eigenvalue weighted by Crippen LogP contribution is 2.38. The molecular weight excluding hydrogens is 530 g/mol. The average Bonchev–Trinajstić information content (AvgIpc) is 3.07. The molecule has 2 atom stereocenters. The first-order chi connectivity index (χ1) is 19.1. The van der Waals surface area contributed by atoms with Gasteiger partial charge >= 0.3 is 11.9 Å². The van der Waals surface area contributed by atoms with Gasteiger partial charge in [-0.15, -0.1) is 0 Å². The van der Waals surface area contributed by atoms with E-state index in [9.17, 15) is 33.6 Å². The summed E-state index contributed by atoms with van der Waals surface area (Å²) in [4.78, 5) is 88.1. The molecule has 40 heavy (non-hydrogen) atoms. The molecule has 2 heterocycles. The fourth-order valence-corrected chi connectivity index (χ4v) is 4.45. The Bertz CT molecular complexity index is 1190. The van der Waals surface area contributed by atoms with Crippen molar-refractivity contribution < 1.29 is 47.8 Å². The van der Waals surface area contributed by atoms with Crippen LogP contribution in [0.25, 0.3) is 0 Å². The van der Waals surface area contributed by atoms with E-state index in [0.717, 1.165) is 15.0 Å². The van der Waals surface area contributed by atoms with Gasteiger partial charge in [-0.1, -0.05) is 0 Å². The largest absolute Gasteiger partial charge is 0.493 e. The summed E-state index contributed by atoms with van der Waals surface area (Å²) >= 11 is 0. The van der Waals surface area contributed by atoms with Gasteiger partial charge in [0.25, 0.3) is 5.78 Å². The highest BCUT2D eigenvalue weighted by molar-refractivity contribution is 6.43. The molecule has 3 rings (SSSR count). The van der Waals surface area contributed by atoms with E-state index < -0.39 is 41.6 Å². The topological polar surface area (TPSA) is 181 Å². The van der Waals surface area contributed by atoms with Gasteiger partial charge in [0.05, 0.1) is 33.9 Å². The maximum Gasteiger partial charge on any atom is 0.358 e. The highest BCUT2D eigenvalue weighted by Gasteiger charge is 2.44. The number of carbonyl (C=O) groups excluding carboxylic acids is 7. The molecule has 0 bridgehead atoms. The zero-order valence-corrected chi connectivity index (χ0v) is 22.6. The lowest BCUT2D eigenvalue weighted by atomic mass is 10.1. The molecule has 0 spiro atoms. The van der Waals surface area contributed by atoms with Gasteiger partial charge in [-0.25, -0.2) is 19.8 Å². The summed E-state index contributed by atoms with van der Waals surface area (Å²) in [5.41, 5.74) is 2.11. The molecule has 15 nitrogen and oxygen atoms in total. The minimum absolute atomic E-state index is 0.118. The SMILES string of the molecule is COc1cc(C(=O)C(=O)NN2CCC(=O)N3CCC[C@@H](C(=O)N[C@H](C=O)CC(C)=O)N3C2=O)cc(OC)c1OC. The van der Waals surface area contributed by atoms with Gasteiger partial charge in [0, 0.05) is 24.9 Å². The normalized spacial score (nSPS) is 17.7. The lowest BCUT2D eigenvalue weighted by Gasteiger charge is -2.42. The fraction of sp³-hybridized carbons (Fsp3) is 0.480. The molecule has 216 valence electrons. The molecule has 1 aromatic carbocycles. The first-order valence-corrected chi connectivity index (χ1v) is 12.4. The third kappa shape index (κ3) is 6.30. The molecule has 0 aromatic heterocycles. The summed E-state index contributed by atoms with van der Waals surface area (Å²) in [7, 11) is 4.06. The smallest absolute Gasteiger partial charge is 0.358 e. The Balaban J connectivity index is 1.84. The second-order valence-corrected chi connectivity index (χ2v) is 9.05. The van der Waals surface area contributed by atoms with Gasteiger partial charge < -0.3 is 24.3 Å². The van der Waals surface area contributed by atoms with E-state index in [1.165, 1.54) is 40.4 Å². The third-order valence-corrected chi connectivity index (χ3v) is 6.34. The van der Waals surface area contributed by atoms with E-state index in [0.29, 0.717) is 12.7 Å². The second-order valence-electron chi connectivity index (χ2n) is 9.05. The Morgan fingerprint density at radius 1 is 1.05 bits per heavy atom. The number of Topliss-reactive ketones (excluding diaryl/α,β-unsaturated/α-hetero) is 2. The van der Waals surface area contributed by atoms with Crippen molar-refractivity contribution in [2.24, 2.45) is 0 Å². The van der Waals surface area contributed by atoms with Crippen LogP contribution in [0.4, 0.5) is 4.79 Å². The standard InChI is InChI=1S/C25H31N5O10/c1-14(32)10-16(13-31)26-23(35)17-6-5-8-29-20(33)7-9-28(25(37)30(17)29)27-24(36)21(34)15-11-18(38-2)22(40-4)19(12-15)39-3/h11-13,16-17H,5-10H2,1-4H3,(H,26,35)(H,27,36)/t16-,17-/m0/s1. The van der Waals surface area contributed by atoms with Crippen molar-refractivity contribution in [2.75, 3.05) is 34.4 Å². The third-order valence-electron chi connectivity index (χ3n) is 6.34. The Morgan fingerprint density at radius 2 is 1.70 bits per heavy atom. The number of hydrogen-bond donors (Lipinski definition) is 2. The number of hydrogen-bond acceptors (Lipinski definition) is 10. The number of aldehydes is 1. The van der Waals surface area contributed by atoms with Gasteiger partial charge in [-0.2, -0.15) is 0 Å². The number of rotatable bonds is 11. The number of ketones is 2. The predicted octanol–water partition coefficient (Wildman–Crippen LogP) is -0.377. The molecule has 5 amide bonds. The number of amides is 5.